The number of carbonyl (C=O) groups is 1. The Morgan fingerprint density at radius 2 is 1.96 bits per heavy atom. The summed E-state index contributed by atoms with van der Waals surface area (Å²) >= 11 is 0. The molecule has 0 spiro atoms. The van der Waals surface area contributed by atoms with Crippen LogP contribution in [0.25, 0.3) is 11.0 Å². The average Bonchev–Trinajstić information content (AvgIpc) is 3.01. The largest absolute Gasteiger partial charge is 0.385 e. The van der Waals surface area contributed by atoms with Crippen molar-refractivity contribution in [2.45, 2.75) is 45.1 Å². The maximum atomic E-state index is 13.1. The molecule has 1 aliphatic rings. The van der Waals surface area contributed by atoms with Gasteiger partial charge in [0.15, 0.2) is 6.61 Å². The Morgan fingerprint density at radius 3 is 2.61 bits per heavy atom. The van der Waals surface area contributed by atoms with Crippen molar-refractivity contribution in [1.29, 1.82) is 0 Å². The van der Waals surface area contributed by atoms with Gasteiger partial charge in [0.05, 0.1) is 4.90 Å². The predicted molar refractivity (Wildman–Crippen MR) is 104 cm³/mol. The quantitative estimate of drug-likeness (QED) is 0.764. The molecule has 2 heterocycles. The van der Waals surface area contributed by atoms with Gasteiger partial charge in [-0.25, -0.2) is 8.42 Å². The molecule has 0 bridgehead atoms. The normalized spacial score (nSPS) is 21.2. The third kappa shape index (κ3) is 4.44. The maximum absolute atomic E-state index is 13.1. The molecule has 10 heteroatoms. The molecular formula is C18H27N5O4S. The molecule has 1 N–H and O–H groups in total. The summed E-state index contributed by atoms with van der Waals surface area (Å²) in [6.45, 7) is 8.61. The van der Waals surface area contributed by atoms with Crippen molar-refractivity contribution >= 4 is 27.0 Å². The number of piperidine rings is 1. The second-order valence-electron chi connectivity index (χ2n) is 7.88. The minimum Gasteiger partial charge on any atom is -0.385 e. The summed E-state index contributed by atoms with van der Waals surface area (Å²) in [6.07, 6.45) is 1.02. The highest BCUT2D eigenvalue weighted by molar-refractivity contribution is 7.89. The molecule has 2 atom stereocenters. The van der Waals surface area contributed by atoms with Crippen molar-refractivity contribution in [3.8, 4) is 0 Å². The fourth-order valence-electron chi connectivity index (χ4n) is 3.57. The zero-order valence-electron chi connectivity index (χ0n) is 16.6. The lowest BCUT2D eigenvalue weighted by Crippen LogP contribution is -2.42. The van der Waals surface area contributed by atoms with E-state index >= 15 is 0 Å². The third-order valence-electron chi connectivity index (χ3n) is 4.63. The number of hydrogen-bond donors (Lipinski definition) is 1. The summed E-state index contributed by atoms with van der Waals surface area (Å²) in [4.78, 5) is 18.4. The minimum absolute atomic E-state index is 0.00494. The first kappa shape index (κ1) is 20.5. The molecule has 1 amide bonds. The number of amides is 1. The van der Waals surface area contributed by atoms with E-state index < -0.39 is 10.0 Å². The molecular weight excluding hydrogens is 382 g/mol. The Bertz CT molecular complexity index is 946. The van der Waals surface area contributed by atoms with E-state index in [4.69, 9.17) is 4.84 Å². The number of nitrogens with one attached hydrogen (secondary N) is 1. The van der Waals surface area contributed by atoms with E-state index in [1.807, 2.05) is 13.8 Å². The van der Waals surface area contributed by atoms with Crippen molar-refractivity contribution in [3.05, 3.63) is 18.2 Å². The van der Waals surface area contributed by atoms with Gasteiger partial charge in [-0.05, 0) is 55.5 Å². The fraction of sp³-hybridized carbons (Fsp3) is 0.611. The van der Waals surface area contributed by atoms with Gasteiger partial charge in [-0.3, -0.25) is 4.79 Å². The number of hydrogen-bond acceptors (Lipinski definition) is 6. The van der Waals surface area contributed by atoms with Gasteiger partial charge in [0, 0.05) is 19.1 Å². The van der Waals surface area contributed by atoms with Crippen LogP contribution in [0.15, 0.2) is 23.1 Å². The molecule has 2 aromatic rings. The molecule has 0 saturated carbocycles. The number of aromatic nitrogens is 3. The number of sulfonamides is 1. The molecule has 9 nitrogen and oxygen atoms in total. The van der Waals surface area contributed by atoms with Crippen molar-refractivity contribution < 1.29 is 18.0 Å². The lowest BCUT2D eigenvalue weighted by molar-refractivity contribution is -0.126. The molecule has 0 aliphatic carbocycles. The first-order valence-electron chi connectivity index (χ1n) is 9.45. The summed E-state index contributed by atoms with van der Waals surface area (Å²) in [5.74, 6) is 0.341. The standard InChI is InChI=1S/C18H27N5O4S/c1-12(2)19-18(24)11-27-23-17-8-15(5-6-16(17)20-21-23)28(25,26)22-9-13(3)7-14(4)10-22/h5-6,8,12-14H,7,9-11H2,1-4H3,(H,19,24)/t13-,14-/m1/s1. The summed E-state index contributed by atoms with van der Waals surface area (Å²) in [5, 5.41) is 10.5. The van der Waals surface area contributed by atoms with Crippen molar-refractivity contribution in [2.24, 2.45) is 11.8 Å². The van der Waals surface area contributed by atoms with Gasteiger partial charge in [-0.15, -0.1) is 5.10 Å². The Labute approximate surface area is 165 Å². The highest BCUT2D eigenvalue weighted by Gasteiger charge is 2.32. The highest BCUT2D eigenvalue weighted by Crippen LogP contribution is 2.27. The molecule has 1 aromatic heterocycles. The van der Waals surface area contributed by atoms with Gasteiger partial charge in [0.25, 0.3) is 5.91 Å². The first-order valence-corrected chi connectivity index (χ1v) is 10.9. The lowest BCUT2D eigenvalue weighted by Gasteiger charge is -2.34. The van der Waals surface area contributed by atoms with Crippen molar-refractivity contribution in [3.63, 3.8) is 0 Å². The van der Waals surface area contributed by atoms with E-state index in [0.717, 1.165) is 11.3 Å². The maximum Gasteiger partial charge on any atom is 0.260 e. The lowest BCUT2D eigenvalue weighted by atomic mass is 9.94. The molecule has 154 valence electrons. The molecule has 28 heavy (non-hydrogen) atoms. The van der Waals surface area contributed by atoms with Crippen LogP contribution < -0.4 is 10.2 Å². The van der Waals surface area contributed by atoms with Gasteiger partial charge >= 0.3 is 0 Å². The Kier molecular flexibility index (Phi) is 5.90. The summed E-state index contributed by atoms with van der Waals surface area (Å²) in [5.41, 5.74) is 0.889. The summed E-state index contributed by atoms with van der Waals surface area (Å²) < 4.78 is 27.8. The van der Waals surface area contributed by atoms with Crippen molar-refractivity contribution in [1.82, 2.24) is 24.8 Å². The van der Waals surface area contributed by atoms with Gasteiger partial charge in [-0.1, -0.05) is 18.7 Å². The molecule has 0 radical (unpaired) electrons. The van der Waals surface area contributed by atoms with Crippen LogP contribution in [0, 0.1) is 11.8 Å². The molecule has 1 fully saturated rings. The topological polar surface area (TPSA) is 106 Å². The van der Waals surface area contributed by atoms with E-state index in [0.29, 0.717) is 36.0 Å². The van der Waals surface area contributed by atoms with E-state index in [9.17, 15) is 13.2 Å². The predicted octanol–water partition coefficient (Wildman–Crippen LogP) is 1.05. The Morgan fingerprint density at radius 1 is 1.29 bits per heavy atom. The van der Waals surface area contributed by atoms with Crippen LogP contribution >= 0.6 is 0 Å². The number of nitrogens with zero attached hydrogens (tertiary/aromatic N) is 4. The number of benzene rings is 1. The monoisotopic (exact) mass is 409 g/mol. The fourth-order valence-corrected chi connectivity index (χ4v) is 5.27. The molecule has 1 aliphatic heterocycles. The van der Waals surface area contributed by atoms with Gasteiger partial charge in [0.1, 0.15) is 11.0 Å². The zero-order chi connectivity index (χ0) is 20.5. The van der Waals surface area contributed by atoms with Crippen LogP contribution in [0.4, 0.5) is 0 Å². The summed E-state index contributed by atoms with van der Waals surface area (Å²) in [6, 6.07) is 4.62. The van der Waals surface area contributed by atoms with Crippen LogP contribution in [-0.4, -0.2) is 59.5 Å². The third-order valence-corrected chi connectivity index (χ3v) is 6.46. The first-order chi connectivity index (χ1) is 13.2. The number of carbonyl (C=O) groups excluding carboxylic acids is 1. The zero-order valence-corrected chi connectivity index (χ0v) is 17.4. The van der Waals surface area contributed by atoms with Gasteiger partial charge in [0.2, 0.25) is 10.0 Å². The molecule has 1 saturated heterocycles. The second kappa shape index (κ2) is 8.04. The summed E-state index contributed by atoms with van der Waals surface area (Å²) in [7, 11) is -3.63. The number of fused-ring (bicyclic) bond motifs is 1. The average molecular weight is 410 g/mol. The van der Waals surface area contributed by atoms with Crippen LogP contribution in [0.1, 0.15) is 34.1 Å². The molecule has 0 unspecified atom stereocenters. The molecule has 1 aromatic carbocycles. The molecule has 3 rings (SSSR count). The highest BCUT2D eigenvalue weighted by atomic mass is 32.2. The van der Waals surface area contributed by atoms with Crippen LogP contribution in [0.2, 0.25) is 0 Å². The minimum atomic E-state index is -3.63. The van der Waals surface area contributed by atoms with E-state index in [1.54, 1.807) is 6.07 Å². The van der Waals surface area contributed by atoms with E-state index in [-0.39, 0.29) is 23.5 Å². The van der Waals surface area contributed by atoms with Crippen LogP contribution in [0.3, 0.4) is 0 Å². The Balaban J connectivity index is 1.84. The SMILES string of the molecule is CC(C)NC(=O)COn1nnc2ccc(S(=O)(=O)N3C[C@H](C)C[C@@H](C)C3)cc21. The van der Waals surface area contributed by atoms with Crippen molar-refractivity contribution in [2.75, 3.05) is 19.7 Å². The van der Waals surface area contributed by atoms with Gasteiger partial charge < -0.3 is 10.2 Å². The van der Waals surface area contributed by atoms with Crippen LogP contribution in [0.5, 0.6) is 0 Å². The second-order valence-corrected chi connectivity index (χ2v) is 9.81. The smallest absolute Gasteiger partial charge is 0.260 e. The van der Waals surface area contributed by atoms with Gasteiger partial charge in [-0.2, -0.15) is 4.31 Å². The number of rotatable bonds is 6. The van der Waals surface area contributed by atoms with Crippen LogP contribution in [-0.2, 0) is 14.8 Å². The van der Waals surface area contributed by atoms with E-state index in [2.05, 4.69) is 29.5 Å². The Hall–Kier alpha value is -2.20. The van der Waals surface area contributed by atoms with E-state index in [1.165, 1.54) is 16.4 Å².